The second kappa shape index (κ2) is 5.47. The zero-order valence-corrected chi connectivity index (χ0v) is 9.45. The first-order chi connectivity index (χ1) is 7.13. The molecule has 0 amide bonds. The molecule has 2 nitrogen and oxygen atoms in total. The van der Waals surface area contributed by atoms with Crippen LogP contribution >= 0.6 is 11.6 Å². The van der Waals surface area contributed by atoms with Gasteiger partial charge in [0.15, 0.2) is 5.78 Å². The van der Waals surface area contributed by atoms with Gasteiger partial charge in [-0.1, -0.05) is 23.7 Å². The average Bonchev–Trinajstić information content (AvgIpc) is 2.21. The second-order valence-electron chi connectivity index (χ2n) is 3.06. The Labute approximate surface area is 94.3 Å². The standard InChI is InChI=1S/C12H12ClNO/c1-9(15)3-8-12(14-2)10-4-6-11(13)7-5-10/h3-8H,1-2H3/b8-3-,14-12?. The van der Waals surface area contributed by atoms with Gasteiger partial charge in [-0.3, -0.25) is 9.79 Å². The second-order valence-corrected chi connectivity index (χ2v) is 3.50. The number of rotatable bonds is 3. The van der Waals surface area contributed by atoms with Crippen molar-refractivity contribution < 1.29 is 4.79 Å². The summed E-state index contributed by atoms with van der Waals surface area (Å²) in [7, 11) is 1.69. The van der Waals surface area contributed by atoms with E-state index in [1.54, 1.807) is 25.3 Å². The summed E-state index contributed by atoms with van der Waals surface area (Å²) in [6, 6.07) is 7.33. The molecule has 0 saturated carbocycles. The molecule has 0 radical (unpaired) electrons. The van der Waals surface area contributed by atoms with E-state index in [4.69, 9.17) is 11.6 Å². The van der Waals surface area contributed by atoms with Crippen molar-refractivity contribution in [3.05, 3.63) is 47.0 Å². The summed E-state index contributed by atoms with van der Waals surface area (Å²) < 4.78 is 0. The molecular formula is C12H12ClNO. The van der Waals surface area contributed by atoms with E-state index in [0.29, 0.717) is 5.02 Å². The highest BCUT2D eigenvalue weighted by atomic mass is 35.5. The van der Waals surface area contributed by atoms with Gasteiger partial charge < -0.3 is 0 Å². The maximum absolute atomic E-state index is 10.8. The highest BCUT2D eigenvalue weighted by Crippen LogP contribution is 2.10. The molecule has 1 aromatic rings. The zero-order chi connectivity index (χ0) is 11.3. The van der Waals surface area contributed by atoms with Crippen molar-refractivity contribution >= 4 is 23.1 Å². The monoisotopic (exact) mass is 221 g/mol. The third-order valence-electron chi connectivity index (χ3n) is 1.86. The number of benzene rings is 1. The van der Waals surface area contributed by atoms with Crippen LogP contribution in [-0.4, -0.2) is 18.5 Å². The molecule has 0 bridgehead atoms. The number of carbonyl (C=O) groups excluding carboxylic acids is 1. The normalized spacial score (nSPS) is 12.1. The molecule has 0 unspecified atom stereocenters. The summed E-state index contributed by atoms with van der Waals surface area (Å²) >= 11 is 5.78. The molecule has 0 saturated heterocycles. The lowest BCUT2D eigenvalue weighted by atomic mass is 10.1. The van der Waals surface area contributed by atoms with E-state index >= 15 is 0 Å². The Kier molecular flexibility index (Phi) is 4.25. The number of carbonyl (C=O) groups is 1. The Morgan fingerprint density at radius 2 is 1.87 bits per heavy atom. The molecule has 0 atom stereocenters. The number of ketones is 1. The Hall–Kier alpha value is -1.41. The number of aliphatic imine (C=N–C) groups is 1. The first-order valence-electron chi connectivity index (χ1n) is 4.55. The van der Waals surface area contributed by atoms with Crippen molar-refractivity contribution in [1.82, 2.24) is 0 Å². The molecule has 0 spiro atoms. The summed E-state index contributed by atoms with van der Waals surface area (Å²) in [6.07, 6.45) is 3.20. The van der Waals surface area contributed by atoms with Crippen molar-refractivity contribution in [2.45, 2.75) is 6.92 Å². The highest BCUT2D eigenvalue weighted by molar-refractivity contribution is 6.30. The van der Waals surface area contributed by atoms with Crippen LogP contribution in [0.3, 0.4) is 0 Å². The largest absolute Gasteiger partial charge is 0.295 e. The fraction of sp³-hybridized carbons (Fsp3) is 0.167. The molecule has 1 rings (SSSR count). The first kappa shape index (κ1) is 11.7. The third-order valence-corrected chi connectivity index (χ3v) is 2.11. The maximum Gasteiger partial charge on any atom is 0.152 e. The molecular weight excluding hydrogens is 210 g/mol. The Balaban J connectivity index is 2.94. The minimum atomic E-state index is 0.00473. The van der Waals surface area contributed by atoms with E-state index in [-0.39, 0.29) is 5.78 Å². The fourth-order valence-electron chi connectivity index (χ4n) is 1.12. The SMILES string of the molecule is CN=C(/C=C\C(C)=O)c1ccc(Cl)cc1. The van der Waals surface area contributed by atoms with E-state index in [1.165, 1.54) is 13.0 Å². The lowest BCUT2D eigenvalue weighted by molar-refractivity contribution is -0.112. The molecule has 0 aliphatic carbocycles. The van der Waals surface area contributed by atoms with Crippen molar-refractivity contribution in [3.63, 3.8) is 0 Å². The van der Waals surface area contributed by atoms with Crippen molar-refractivity contribution in [2.75, 3.05) is 7.05 Å². The average molecular weight is 222 g/mol. The Morgan fingerprint density at radius 3 is 2.33 bits per heavy atom. The van der Waals surface area contributed by atoms with Crippen LogP contribution in [0.15, 0.2) is 41.4 Å². The quantitative estimate of drug-likeness (QED) is 0.570. The molecule has 0 fully saturated rings. The van der Waals surface area contributed by atoms with Crippen LogP contribution in [0.1, 0.15) is 12.5 Å². The van der Waals surface area contributed by atoms with E-state index in [2.05, 4.69) is 4.99 Å². The van der Waals surface area contributed by atoms with E-state index in [0.717, 1.165) is 11.3 Å². The van der Waals surface area contributed by atoms with Crippen molar-refractivity contribution in [3.8, 4) is 0 Å². The van der Waals surface area contributed by atoms with Gasteiger partial charge in [-0.25, -0.2) is 0 Å². The smallest absolute Gasteiger partial charge is 0.152 e. The Bertz CT molecular complexity index is 404. The molecule has 78 valence electrons. The van der Waals surface area contributed by atoms with Gasteiger partial charge in [0.2, 0.25) is 0 Å². The molecule has 0 N–H and O–H groups in total. The van der Waals surface area contributed by atoms with Crippen molar-refractivity contribution in [2.24, 2.45) is 4.99 Å². The molecule has 3 heteroatoms. The van der Waals surface area contributed by atoms with Gasteiger partial charge in [0, 0.05) is 12.1 Å². The predicted octanol–water partition coefficient (Wildman–Crippen LogP) is 2.90. The predicted molar refractivity (Wildman–Crippen MR) is 63.7 cm³/mol. The molecule has 1 aromatic carbocycles. The summed E-state index contributed by atoms with van der Waals surface area (Å²) in [6.45, 7) is 1.51. The van der Waals surface area contributed by atoms with Crippen LogP contribution in [0.4, 0.5) is 0 Å². The van der Waals surface area contributed by atoms with E-state index in [1.807, 2.05) is 12.1 Å². The minimum absolute atomic E-state index is 0.00473. The van der Waals surface area contributed by atoms with Gasteiger partial charge in [0.05, 0.1) is 5.71 Å². The maximum atomic E-state index is 10.8. The van der Waals surface area contributed by atoms with E-state index < -0.39 is 0 Å². The van der Waals surface area contributed by atoms with Crippen LogP contribution in [0.25, 0.3) is 0 Å². The summed E-state index contributed by atoms with van der Waals surface area (Å²) in [5.74, 6) is 0.00473. The van der Waals surface area contributed by atoms with E-state index in [9.17, 15) is 4.79 Å². The number of nitrogens with zero attached hydrogens (tertiary/aromatic N) is 1. The number of hydrogen-bond donors (Lipinski definition) is 0. The van der Waals surface area contributed by atoms with Crippen LogP contribution < -0.4 is 0 Å². The highest BCUT2D eigenvalue weighted by Gasteiger charge is 1.98. The molecule has 0 aromatic heterocycles. The number of halogens is 1. The van der Waals surface area contributed by atoms with Gasteiger partial charge in [0.1, 0.15) is 0 Å². The van der Waals surface area contributed by atoms with Gasteiger partial charge in [-0.05, 0) is 36.8 Å². The molecule has 0 heterocycles. The zero-order valence-electron chi connectivity index (χ0n) is 8.70. The van der Waals surface area contributed by atoms with Crippen LogP contribution in [0.2, 0.25) is 5.02 Å². The van der Waals surface area contributed by atoms with Crippen molar-refractivity contribution in [1.29, 1.82) is 0 Å². The van der Waals surface area contributed by atoms with Crippen LogP contribution in [-0.2, 0) is 4.79 Å². The molecule has 0 aliphatic rings. The van der Waals surface area contributed by atoms with Gasteiger partial charge >= 0.3 is 0 Å². The first-order valence-corrected chi connectivity index (χ1v) is 4.92. The summed E-state index contributed by atoms with van der Waals surface area (Å²) in [4.78, 5) is 14.9. The topological polar surface area (TPSA) is 29.4 Å². The van der Waals surface area contributed by atoms with Crippen LogP contribution in [0.5, 0.6) is 0 Å². The van der Waals surface area contributed by atoms with Crippen LogP contribution in [0, 0.1) is 0 Å². The lowest BCUT2D eigenvalue weighted by Gasteiger charge is -2.00. The van der Waals surface area contributed by atoms with Gasteiger partial charge in [-0.15, -0.1) is 0 Å². The molecule has 15 heavy (non-hydrogen) atoms. The molecule has 0 aliphatic heterocycles. The fourth-order valence-corrected chi connectivity index (χ4v) is 1.24. The number of hydrogen-bond acceptors (Lipinski definition) is 2. The Morgan fingerprint density at radius 1 is 1.27 bits per heavy atom. The van der Waals surface area contributed by atoms with Gasteiger partial charge in [-0.2, -0.15) is 0 Å². The summed E-state index contributed by atoms with van der Waals surface area (Å²) in [5.41, 5.74) is 1.71. The summed E-state index contributed by atoms with van der Waals surface area (Å²) in [5, 5.41) is 0.685. The third kappa shape index (κ3) is 3.68. The lowest BCUT2D eigenvalue weighted by Crippen LogP contribution is -1.97. The van der Waals surface area contributed by atoms with Gasteiger partial charge in [0.25, 0.3) is 0 Å². The minimum Gasteiger partial charge on any atom is -0.295 e. The number of allylic oxidation sites excluding steroid dienone is 2.